The maximum Gasteiger partial charge on any atom is 0.196 e. The number of fused-ring (bicyclic) bond motifs is 1. The van der Waals surface area contributed by atoms with Crippen molar-refractivity contribution in [3.8, 4) is 5.75 Å². The van der Waals surface area contributed by atoms with Crippen molar-refractivity contribution in [1.82, 2.24) is 0 Å². The van der Waals surface area contributed by atoms with Gasteiger partial charge in [0.2, 0.25) is 0 Å². The molecule has 0 saturated heterocycles. The summed E-state index contributed by atoms with van der Waals surface area (Å²) < 4.78 is 10.6. The summed E-state index contributed by atoms with van der Waals surface area (Å²) >= 11 is 5.83. The second kappa shape index (κ2) is 5.02. The Morgan fingerprint density at radius 1 is 1.15 bits per heavy atom. The molecule has 2 aromatic carbocycles. The number of ether oxygens (including phenoxy) is 1. The molecule has 0 aliphatic carbocycles. The van der Waals surface area contributed by atoms with Gasteiger partial charge in [-0.05, 0) is 42.5 Å². The molecule has 0 bridgehead atoms. The fourth-order valence-electron chi connectivity index (χ4n) is 2.07. The first-order valence-electron chi connectivity index (χ1n) is 6.04. The standard InChI is InChI=1S/C16H11ClO3/c1-19-12-6-7-15-13(8-12)14(9-20-15)16(18)10-2-4-11(17)5-3-10/h2-9H,1H3. The first-order chi connectivity index (χ1) is 9.69. The number of rotatable bonds is 3. The summed E-state index contributed by atoms with van der Waals surface area (Å²) in [5.41, 5.74) is 1.74. The number of carbonyl (C=O) groups excluding carboxylic acids is 1. The molecule has 3 aromatic rings. The third kappa shape index (κ3) is 2.17. The van der Waals surface area contributed by atoms with Gasteiger partial charge < -0.3 is 9.15 Å². The first kappa shape index (κ1) is 12.8. The number of methoxy groups -OCH3 is 1. The van der Waals surface area contributed by atoms with Crippen LogP contribution in [0.25, 0.3) is 11.0 Å². The lowest BCUT2D eigenvalue weighted by Crippen LogP contribution is -1.99. The van der Waals surface area contributed by atoms with Gasteiger partial charge >= 0.3 is 0 Å². The van der Waals surface area contributed by atoms with Gasteiger partial charge in [0.1, 0.15) is 17.6 Å². The van der Waals surface area contributed by atoms with Gasteiger partial charge in [-0.3, -0.25) is 4.79 Å². The van der Waals surface area contributed by atoms with Gasteiger partial charge in [0.15, 0.2) is 5.78 Å². The van der Waals surface area contributed by atoms with Gasteiger partial charge in [-0.2, -0.15) is 0 Å². The van der Waals surface area contributed by atoms with E-state index in [1.807, 2.05) is 0 Å². The predicted octanol–water partition coefficient (Wildman–Crippen LogP) is 4.33. The summed E-state index contributed by atoms with van der Waals surface area (Å²) in [6.45, 7) is 0. The Bertz CT molecular complexity index is 772. The summed E-state index contributed by atoms with van der Waals surface area (Å²) in [7, 11) is 1.59. The average Bonchev–Trinajstić information content (AvgIpc) is 2.90. The Hall–Kier alpha value is -2.26. The van der Waals surface area contributed by atoms with E-state index in [2.05, 4.69) is 0 Å². The van der Waals surface area contributed by atoms with E-state index in [1.54, 1.807) is 49.6 Å². The molecule has 0 spiro atoms. The number of carbonyl (C=O) groups is 1. The number of halogens is 1. The first-order valence-corrected chi connectivity index (χ1v) is 6.42. The molecule has 100 valence electrons. The molecular weight excluding hydrogens is 276 g/mol. The van der Waals surface area contributed by atoms with Crippen molar-refractivity contribution in [3.63, 3.8) is 0 Å². The molecule has 0 N–H and O–H groups in total. The van der Waals surface area contributed by atoms with E-state index in [1.165, 1.54) is 6.26 Å². The molecule has 0 aliphatic rings. The number of furan rings is 1. The van der Waals surface area contributed by atoms with Crippen LogP contribution in [-0.2, 0) is 0 Å². The lowest BCUT2D eigenvalue weighted by atomic mass is 10.0. The van der Waals surface area contributed by atoms with Crippen molar-refractivity contribution in [1.29, 1.82) is 0 Å². The van der Waals surface area contributed by atoms with E-state index < -0.39 is 0 Å². The van der Waals surface area contributed by atoms with Crippen LogP contribution in [0.3, 0.4) is 0 Å². The van der Waals surface area contributed by atoms with Crippen LogP contribution in [0.2, 0.25) is 5.02 Å². The van der Waals surface area contributed by atoms with Gasteiger partial charge in [0.25, 0.3) is 0 Å². The van der Waals surface area contributed by atoms with Gasteiger partial charge in [-0.15, -0.1) is 0 Å². The van der Waals surface area contributed by atoms with E-state index in [-0.39, 0.29) is 5.78 Å². The number of ketones is 1. The van der Waals surface area contributed by atoms with E-state index in [4.69, 9.17) is 20.8 Å². The van der Waals surface area contributed by atoms with E-state index >= 15 is 0 Å². The Balaban J connectivity index is 2.09. The molecule has 0 aliphatic heterocycles. The second-order valence-electron chi connectivity index (χ2n) is 4.35. The number of hydrogen-bond acceptors (Lipinski definition) is 3. The highest BCUT2D eigenvalue weighted by Gasteiger charge is 2.16. The van der Waals surface area contributed by atoms with Crippen LogP contribution in [0, 0.1) is 0 Å². The minimum absolute atomic E-state index is 0.103. The van der Waals surface area contributed by atoms with Crippen molar-refractivity contribution in [3.05, 3.63) is 64.9 Å². The molecule has 4 heteroatoms. The Labute approximate surface area is 120 Å². The molecule has 0 atom stereocenters. The van der Waals surface area contributed by atoms with Crippen LogP contribution in [0.5, 0.6) is 5.75 Å². The molecule has 0 amide bonds. The topological polar surface area (TPSA) is 39.4 Å². The highest BCUT2D eigenvalue weighted by atomic mass is 35.5. The minimum Gasteiger partial charge on any atom is -0.497 e. The van der Waals surface area contributed by atoms with Gasteiger partial charge in [-0.25, -0.2) is 0 Å². The highest BCUT2D eigenvalue weighted by molar-refractivity contribution is 6.30. The van der Waals surface area contributed by atoms with Crippen LogP contribution < -0.4 is 4.74 Å². The molecular formula is C16H11ClO3. The molecule has 0 fully saturated rings. The normalized spacial score (nSPS) is 10.7. The molecule has 20 heavy (non-hydrogen) atoms. The van der Waals surface area contributed by atoms with Crippen molar-refractivity contribution < 1.29 is 13.9 Å². The third-order valence-electron chi connectivity index (χ3n) is 3.13. The highest BCUT2D eigenvalue weighted by Crippen LogP contribution is 2.27. The van der Waals surface area contributed by atoms with Crippen molar-refractivity contribution in [2.45, 2.75) is 0 Å². The summed E-state index contributed by atoms with van der Waals surface area (Å²) in [6.07, 6.45) is 1.47. The minimum atomic E-state index is -0.103. The fraction of sp³-hybridized carbons (Fsp3) is 0.0625. The quantitative estimate of drug-likeness (QED) is 0.673. The van der Waals surface area contributed by atoms with Crippen LogP contribution in [0.4, 0.5) is 0 Å². The van der Waals surface area contributed by atoms with Crippen LogP contribution in [0.1, 0.15) is 15.9 Å². The summed E-state index contributed by atoms with van der Waals surface area (Å²) in [5, 5.41) is 1.34. The largest absolute Gasteiger partial charge is 0.497 e. The van der Waals surface area contributed by atoms with E-state index in [0.29, 0.717) is 27.5 Å². The molecule has 3 nitrogen and oxygen atoms in total. The van der Waals surface area contributed by atoms with E-state index in [0.717, 1.165) is 5.39 Å². The SMILES string of the molecule is COc1ccc2occ(C(=O)c3ccc(Cl)cc3)c2c1. The van der Waals surface area contributed by atoms with Gasteiger partial charge in [0, 0.05) is 16.0 Å². The molecule has 1 heterocycles. The molecule has 0 saturated carbocycles. The zero-order chi connectivity index (χ0) is 14.1. The predicted molar refractivity (Wildman–Crippen MR) is 77.7 cm³/mol. The molecule has 1 aromatic heterocycles. The maximum atomic E-state index is 12.5. The fourth-order valence-corrected chi connectivity index (χ4v) is 2.19. The smallest absolute Gasteiger partial charge is 0.196 e. The molecule has 0 radical (unpaired) electrons. The summed E-state index contributed by atoms with van der Waals surface area (Å²) in [6, 6.07) is 12.2. The van der Waals surface area contributed by atoms with Crippen LogP contribution in [-0.4, -0.2) is 12.9 Å². The zero-order valence-corrected chi connectivity index (χ0v) is 11.5. The molecule has 0 unspecified atom stereocenters. The van der Waals surface area contributed by atoms with Crippen molar-refractivity contribution in [2.24, 2.45) is 0 Å². The maximum absolute atomic E-state index is 12.5. The van der Waals surface area contributed by atoms with Crippen molar-refractivity contribution in [2.75, 3.05) is 7.11 Å². The summed E-state index contributed by atoms with van der Waals surface area (Å²) in [4.78, 5) is 12.5. The lowest BCUT2D eigenvalue weighted by Gasteiger charge is -2.01. The van der Waals surface area contributed by atoms with E-state index in [9.17, 15) is 4.79 Å². The Morgan fingerprint density at radius 2 is 1.90 bits per heavy atom. The van der Waals surface area contributed by atoms with Gasteiger partial charge in [0.05, 0.1) is 12.7 Å². The van der Waals surface area contributed by atoms with Crippen LogP contribution in [0.15, 0.2) is 53.1 Å². The Morgan fingerprint density at radius 3 is 2.60 bits per heavy atom. The van der Waals surface area contributed by atoms with Crippen LogP contribution >= 0.6 is 11.6 Å². The van der Waals surface area contributed by atoms with Crippen molar-refractivity contribution >= 4 is 28.4 Å². The zero-order valence-electron chi connectivity index (χ0n) is 10.7. The average molecular weight is 287 g/mol. The number of benzene rings is 2. The Kier molecular flexibility index (Phi) is 3.20. The summed E-state index contributed by atoms with van der Waals surface area (Å²) in [5.74, 6) is 0.581. The second-order valence-corrected chi connectivity index (χ2v) is 4.78. The molecule has 3 rings (SSSR count). The van der Waals surface area contributed by atoms with Gasteiger partial charge in [-0.1, -0.05) is 11.6 Å². The lowest BCUT2D eigenvalue weighted by molar-refractivity contribution is 0.103. The number of hydrogen-bond donors (Lipinski definition) is 0. The third-order valence-corrected chi connectivity index (χ3v) is 3.38. The monoisotopic (exact) mass is 286 g/mol.